The molecule has 9 heteroatoms. The quantitative estimate of drug-likeness (QED) is 0.488. The minimum absolute atomic E-state index is 0.132. The van der Waals surface area contributed by atoms with Crippen molar-refractivity contribution in [1.82, 2.24) is 5.32 Å². The smallest absolute Gasteiger partial charge is 0.336 e. The van der Waals surface area contributed by atoms with Crippen LogP contribution in [-0.2, 0) is 6.61 Å². The van der Waals surface area contributed by atoms with Gasteiger partial charge < -0.3 is 19.9 Å². The molecule has 0 spiro atoms. The van der Waals surface area contributed by atoms with E-state index in [9.17, 15) is 14.3 Å². The minimum atomic E-state index is -1.04. The SMILES string of the molecule is Cc1ccc(OC2=NC3N=C(c4ccc(OCc5ccccc5)c(F)c4)C(Cl)=CC3N2)cc1C(=O)O. The molecule has 0 radical (unpaired) electrons. The molecule has 2 aliphatic heterocycles. The van der Waals surface area contributed by atoms with Crippen LogP contribution in [0, 0.1) is 12.7 Å². The summed E-state index contributed by atoms with van der Waals surface area (Å²) < 4.78 is 26.1. The van der Waals surface area contributed by atoms with E-state index in [4.69, 9.17) is 21.1 Å². The van der Waals surface area contributed by atoms with E-state index >= 15 is 0 Å². The first kappa shape index (κ1) is 23.6. The molecular formula is C27H21ClFN3O4. The van der Waals surface area contributed by atoms with Crippen LogP contribution in [0.25, 0.3) is 0 Å². The Kier molecular flexibility index (Phi) is 6.43. The molecule has 0 fully saturated rings. The Bertz CT molecular complexity index is 1420. The predicted molar refractivity (Wildman–Crippen MR) is 135 cm³/mol. The zero-order chi connectivity index (χ0) is 25.2. The number of amidine groups is 1. The molecule has 0 saturated carbocycles. The van der Waals surface area contributed by atoms with Crippen LogP contribution in [0.4, 0.5) is 4.39 Å². The van der Waals surface area contributed by atoms with Crippen LogP contribution in [0.15, 0.2) is 87.8 Å². The molecule has 0 bridgehead atoms. The average Bonchev–Trinajstić information content (AvgIpc) is 3.25. The summed E-state index contributed by atoms with van der Waals surface area (Å²) >= 11 is 6.48. The van der Waals surface area contributed by atoms with Crippen molar-refractivity contribution >= 4 is 29.3 Å². The number of hydrogen-bond donors (Lipinski definition) is 2. The van der Waals surface area contributed by atoms with E-state index in [-0.39, 0.29) is 30.0 Å². The highest BCUT2D eigenvalue weighted by atomic mass is 35.5. The van der Waals surface area contributed by atoms with E-state index in [1.54, 1.807) is 37.3 Å². The molecule has 2 unspecified atom stereocenters. The second-order valence-electron chi connectivity index (χ2n) is 8.31. The van der Waals surface area contributed by atoms with Gasteiger partial charge in [-0.25, -0.2) is 14.2 Å². The second kappa shape index (κ2) is 9.83. The van der Waals surface area contributed by atoms with Gasteiger partial charge in [-0.05, 0) is 54.5 Å². The van der Waals surface area contributed by atoms with Crippen molar-refractivity contribution in [3.05, 3.63) is 106 Å². The van der Waals surface area contributed by atoms with E-state index in [0.29, 0.717) is 27.6 Å². The van der Waals surface area contributed by atoms with Gasteiger partial charge in [-0.2, -0.15) is 0 Å². The standard InChI is InChI=1S/C27H21ClFN3O4/c1-15-7-9-18(12-19(15)26(33)34)36-27-30-22-13-20(28)24(31-25(22)32-27)17-8-10-23(21(29)11-17)35-14-16-5-3-2-4-6-16/h2-13,22,25H,14H2,1H3,(H,30,32)(H,33,34). The molecule has 0 aliphatic carbocycles. The lowest BCUT2D eigenvalue weighted by Gasteiger charge is -2.20. The third kappa shape index (κ3) is 4.94. The maximum atomic E-state index is 14.8. The third-order valence-corrected chi connectivity index (χ3v) is 6.08. The molecular weight excluding hydrogens is 485 g/mol. The molecule has 2 N–H and O–H groups in total. The largest absolute Gasteiger partial charge is 0.486 e. The highest BCUT2D eigenvalue weighted by molar-refractivity contribution is 6.46. The molecule has 182 valence electrons. The number of aryl methyl sites for hydroxylation is 1. The van der Waals surface area contributed by atoms with E-state index in [0.717, 1.165) is 5.56 Å². The number of benzene rings is 3. The molecule has 7 nitrogen and oxygen atoms in total. The molecule has 2 atom stereocenters. The van der Waals surface area contributed by atoms with Gasteiger partial charge in [0, 0.05) is 5.56 Å². The first-order valence-corrected chi connectivity index (χ1v) is 11.5. The number of rotatable bonds is 6. The predicted octanol–water partition coefficient (Wildman–Crippen LogP) is 5.07. The number of allylic oxidation sites excluding steroid dienone is 1. The normalized spacial score (nSPS) is 18.4. The lowest BCUT2D eigenvalue weighted by atomic mass is 10.0. The number of aromatic carboxylic acids is 1. The Balaban J connectivity index is 1.32. The van der Waals surface area contributed by atoms with Gasteiger partial charge in [0.1, 0.15) is 12.4 Å². The monoisotopic (exact) mass is 505 g/mol. The molecule has 3 aromatic rings. The van der Waals surface area contributed by atoms with Gasteiger partial charge in [0.05, 0.1) is 22.3 Å². The van der Waals surface area contributed by atoms with Crippen molar-refractivity contribution in [3.8, 4) is 11.5 Å². The van der Waals surface area contributed by atoms with Crippen LogP contribution < -0.4 is 14.8 Å². The molecule has 0 saturated heterocycles. The zero-order valence-corrected chi connectivity index (χ0v) is 19.9. The third-order valence-electron chi connectivity index (χ3n) is 5.77. The lowest BCUT2D eigenvalue weighted by molar-refractivity contribution is 0.0695. The Labute approximate surface area is 211 Å². The first-order valence-electron chi connectivity index (χ1n) is 11.2. The number of nitrogens with one attached hydrogen (secondary N) is 1. The number of hydrogen-bond acceptors (Lipinski definition) is 6. The Morgan fingerprint density at radius 3 is 2.67 bits per heavy atom. The number of carbonyl (C=O) groups is 1. The number of carboxylic acid groups (broad SMARTS) is 1. The number of halogens is 2. The van der Waals surface area contributed by atoms with Crippen molar-refractivity contribution in [2.45, 2.75) is 25.7 Å². The number of fused-ring (bicyclic) bond motifs is 1. The van der Waals surface area contributed by atoms with Crippen LogP contribution >= 0.6 is 11.6 Å². The van der Waals surface area contributed by atoms with Gasteiger partial charge >= 0.3 is 5.97 Å². The fourth-order valence-electron chi connectivity index (χ4n) is 3.90. The van der Waals surface area contributed by atoms with Gasteiger partial charge in [0.15, 0.2) is 17.7 Å². The summed E-state index contributed by atoms with van der Waals surface area (Å²) in [6.45, 7) is 1.96. The summed E-state index contributed by atoms with van der Waals surface area (Å²) in [5.41, 5.74) is 2.60. The zero-order valence-electron chi connectivity index (χ0n) is 19.1. The molecule has 0 amide bonds. The fourth-order valence-corrected chi connectivity index (χ4v) is 4.19. The summed E-state index contributed by atoms with van der Waals surface area (Å²) in [6.07, 6.45) is 1.17. The maximum Gasteiger partial charge on any atom is 0.336 e. The minimum Gasteiger partial charge on any atom is -0.486 e. The second-order valence-corrected chi connectivity index (χ2v) is 8.72. The van der Waals surface area contributed by atoms with Crippen LogP contribution in [0.2, 0.25) is 0 Å². The van der Waals surface area contributed by atoms with Gasteiger partial charge in [-0.3, -0.25) is 4.99 Å². The molecule has 3 aromatic carbocycles. The number of nitrogens with zero attached hydrogens (tertiary/aromatic N) is 2. The molecule has 2 aliphatic rings. The van der Waals surface area contributed by atoms with E-state index < -0.39 is 18.0 Å². The van der Waals surface area contributed by atoms with Crippen molar-refractivity contribution < 1.29 is 23.8 Å². The molecule has 0 aromatic heterocycles. The van der Waals surface area contributed by atoms with E-state index in [1.165, 1.54) is 12.1 Å². The van der Waals surface area contributed by atoms with Gasteiger partial charge in [0.25, 0.3) is 6.02 Å². The number of aliphatic imine (C=N–C) groups is 2. The van der Waals surface area contributed by atoms with Crippen LogP contribution in [0.5, 0.6) is 11.5 Å². The Morgan fingerprint density at radius 2 is 1.92 bits per heavy atom. The topological polar surface area (TPSA) is 92.5 Å². The van der Waals surface area contributed by atoms with Gasteiger partial charge in [-0.15, -0.1) is 0 Å². The summed E-state index contributed by atoms with van der Waals surface area (Å²) in [4.78, 5) is 20.4. The van der Waals surface area contributed by atoms with Gasteiger partial charge in [-0.1, -0.05) is 48.0 Å². The van der Waals surface area contributed by atoms with E-state index in [2.05, 4.69) is 15.3 Å². The molecule has 36 heavy (non-hydrogen) atoms. The average molecular weight is 506 g/mol. The van der Waals surface area contributed by atoms with Crippen molar-refractivity contribution in [3.63, 3.8) is 0 Å². The van der Waals surface area contributed by atoms with E-state index in [1.807, 2.05) is 30.3 Å². The van der Waals surface area contributed by atoms with Crippen molar-refractivity contribution in [2.24, 2.45) is 9.98 Å². The summed E-state index contributed by atoms with van der Waals surface area (Å²) in [5, 5.41) is 12.8. The highest BCUT2D eigenvalue weighted by Gasteiger charge is 2.33. The number of ether oxygens (including phenoxy) is 2. The molecule has 2 heterocycles. The first-order chi connectivity index (χ1) is 17.4. The van der Waals surface area contributed by atoms with Crippen molar-refractivity contribution in [2.75, 3.05) is 0 Å². The van der Waals surface area contributed by atoms with Gasteiger partial charge in [0.2, 0.25) is 0 Å². The Hall–Kier alpha value is -4.17. The van der Waals surface area contributed by atoms with Crippen LogP contribution in [-0.4, -0.2) is 35.0 Å². The summed E-state index contributed by atoms with van der Waals surface area (Å²) in [7, 11) is 0. The van der Waals surface area contributed by atoms with Crippen LogP contribution in [0.1, 0.15) is 27.0 Å². The lowest BCUT2D eigenvalue weighted by Crippen LogP contribution is -2.37. The number of dihydropyridines is 1. The summed E-state index contributed by atoms with van der Waals surface area (Å²) in [6, 6.07) is 18.7. The highest BCUT2D eigenvalue weighted by Crippen LogP contribution is 2.28. The summed E-state index contributed by atoms with van der Waals surface area (Å²) in [5.74, 6) is -1.11. The number of carboxylic acids is 1. The molecule has 5 rings (SSSR count). The van der Waals surface area contributed by atoms with Crippen molar-refractivity contribution in [1.29, 1.82) is 0 Å². The maximum absolute atomic E-state index is 14.8. The van der Waals surface area contributed by atoms with Crippen LogP contribution in [0.3, 0.4) is 0 Å². The Morgan fingerprint density at radius 1 is 1.11 bits per heavy atom. The fraction of sp³-hybridized carbons (Fsp3) is 0.148.